The number of ether oxygens (including phenoxy) is 1. The Balaban J connectivity index is 2.13. The fourth-order valence-electron chi connectivity index (χ4n) is 2.11. The molecule has 0 amide bonds. The van der Waals surface area contributed by atoms with Crippen molar-refractivity contribution in [2.75, 3.05) is 13.2 Å². The summed E-state index contributed by atoms with van der Waals surface area (Å²) in [6.07, 6.45) is 7.79. The summed E-state index contributed by atoms with van der Waals surface area (Å²) < 4.78 is 4.71. The SMILES string of the molecule is CCOC(=O)/C(Cl)=N/NCCC1CCCCC1. The molecule has 0 aromatic heterocycles. The molecule has 5 heteroatoms. The number of carbonyl (C=O) groups excluding carboxylic acids is 1. The summed E-state index contributed by atoms with van der Waals surface area (Å²) in [4.78, 5) is 11.1. The normalized spacial score (nSPS) is 17.9. The van der Waals surface area contributed by atoms with Crippen LogP contribution in [0, 0.1) is 5.92 Å². The van der Waals surface area contributed by atoms with Gasteiger partial charge in [0.05, 0.1) is 6.61 Å². The van der Waals surface area contributed by atoms with Crippen LogP contribution in [0.4, 0.5) is 0 Å². The molecular formula is C12H21ClN2O2. The van der Waals surface area contributed by atoms with Gasteiger partial charge in [0.2, 0.25) is 5.17 Å². The summed E-state index contributed by atoms with van der Waals surface area (Å²) in [5.41, 5.74) is 2.83. The van der Waals surface area contributed by atoms with E-state index in [9.17, 15) is 4.79 Å². The number of hydrazone groups is 1. The molecule has 1 aliphatic rings. The van der Waals surface area contributed by atoms with Crippen LogP contribution in [0.15, 0.2) is 5.10 Å². The standard InChI is InChI=1S/C12H21ClN2O2/c1-2-17-12(16)11(13)15-14-9-8-10-6-4-3-5-7-10/h10,14H,2-9H2,1H3/b15-11-. The predicted octanol–water partition coefficient (Wildman–Crippen LogP) is 2.66. The quantitative estimate of drug-likeness (QED) is 0.346. The largest absolute Gasteiger partial charge is 0.461 e. The number of halogens is 1. The molecule has 1 aliphatic carbocycles. The van der Waals surface area contributed by atoms with Crippen LogP contribution in [-0.4, -0.2) is 24.3 Å². The van der Waals surface area contributed by atoms with E-state index in [0.717, 1.165) is 18.9 Å². The monoisotopic (exact) mass is 260 g/mol. The highest BCUT2D eigenvalue weighted by molar-refractivity contribution is 6.81. The molecule has 0 bridgehead atoms. The van der Waals surface area contributed by atoms with Crippen LogP contribution in [0.1, 0.15) is 45.4 Å². The summed E-state index contributed by atoms with van der Waals surface area (Å²) in [5, 5.41) is 3.66. The first-order valence-corrected chi connectivity index (χ1v) is 6.75. The highest BCUT2D eigenvalue weighted by Crippen LogP contribution is 2.25. The number of nitrogens with one attached hydrogen (secondary N) is 1. The first-order chi connectivity index (χ1) is 8.24. The molecule has 0 unspecified atom stereocenters. The summed E-state index contributed by atoms with van der Waals surface area (Å²) in [5.74, 6) is 0.229. The van der Waals surface area contributed by atoms with Gasteiger partial charge in [0.1, 0.15) is 0 Å². The lowest BCUT2D eigenvalue weighted by molar-refractivity contribution is -0.134. The maximum Gasteiger partial charge on any atom is 0.370 e. The molecule has 98 valence electrons. The van der Waals surface area contributed by atoms with Gasteiger partial charge in [-0.25, -0.2) is 4.79 Å². The molecule has 1 fully saturated rings. The smallest absolute Gasteiger partial charge is 0.370 e. The number of rotatable bonds is 6. The third-order valence-corrected chi connectivity index (χ3v) is 3.25. The van der Waals surface area contributed by atoms with E-state index in [-0.39, 0.29) is 5.17 Å². The van der Waals surface area contributed by atoms with Crippen LogP contribution in [0.2, 0.25) is 0 Å². The molecule has 0 radical (unpaired) electrons. The van der Waals surface area contributed by atoms with Gasteiger partial charge in [-0.1, -0.05) is 43.7 Å². The van der Waals surface area contributed by atoms with Crippen molar-refractivity contribution in [3.63, 3.8) is 0 Å². The fraction of sp³-hybridized carbons (Fsp3) is 0.833. The van der Waals surface area contributed by atoms with E-state index in [0.29, 0.717) is 6.61 Å². The summed E-state index contributed by atoms with van der Waals surface area (Å²) in [7, 11) is 0. The van der Waals surface area contributed by atoms with E-state index < -0.39 is 5.97 Å². The maximum atomic E-state index is 11.1. The van der Waals surface area contributed by atoms with Crippen molar-refractivity contribution in [2.24, 2.45) is 11.0 Å². The van der Waals surface area contributed by atoms with Crippen molar-refractivity contribution in [2.45, 2.75) is 45.4 Å². The second kappa shape index (κ2) is 8.34. The number of esters is 1. The minimum Gasteiger partial charge on any atom is -0.461 e. The third-order valence-electron chi connectivity index (χ3n) is 3.01. The van der Waals surface area contributed by atoms with E-state index in [4.69, 9.17) is 16.3 Å². The van der Waals surface area contributed by atoms with Gasteiger partial charge in [0, 0.05) is 6.54 Å². The van der Waals surface area contributed by atoms with Gasteiger partial charge in [-0.3, -0.25) is 0 Å². The Hall–Kier alpha value is -0.770. The van der Waals surface area contributed by atoms with Gasteiger partial charge in [0.25, 0.3) is 0 Å². The minimum atomic E-state index is -0.570. The first kappa shape index (κ1) is 14.3. The van der Waals surface area contributed by atoms with Crippen LogP contribution in [0.5, 0.6) is 0 Å². The fourth-order valence-corrected chi connectivity index (χ4v) is 2.22. The van der Waals surface area contributed by atoms with Gasteiger partial charge in [-0.2, -0.15) is 5.10 Å². The summed E-state index contributed by atoms with van der Waals surface area (Å²) >= 11 is 5.64. The Kier molecular flexibility index (Phi) is 7.01. The first-order valence-electron chi connectivity index (χ1n) is 6.37. The number of hydrogen-bond acceptors (Lipinski definition) is 4. The van der Waals surface area contributed by atoms with E-state index in [2.05, 4.69) is 10.5 Å². The average molecular weight is 261 g/mol. The summed E-state index contributed by atoms with van der Waals surface area (Å²) in [6, 6.07) is 0. The van der Waals surface area contributed by atoms with Gasteiger partial charge in [0.15, 0.2) is 0 Å². The second-order valence-corrected chi connectivity index (χ2v) is 4.68. The Bertz CT molecular complexity index is 263. The molecule has 4 nitrogen and oxygen atoms in total. The van der Waals surface area contributed by atoms with Gasteiger partial charge in [-0.15, -0.1) is 0 Å². The van der Waals surface area contributed by atoms with Crippen LogP contribution < -0.4 is 5.43 Å². The van der Waals surface area contributed by atoms with Crippen LogP contribution in [0.3, 0.4) is 0 Å². The number of nitrogens with zero attached hydrogens (tertiary/aromatic N) is 1. The van der Waals surface area contributed by atoms with Crippen molar-refractivity contribution in [1.29, 1.82) is 0 Å². The molecule has 0 atom stereocenters. The number of carbonyl (C=O) groups is 1. The van der Waals surface area contributed by atoms with Crippen LogP contribution >= 0.6 is 11.6 Å². The van der Waals surface area contributed by atoms with E-state index in [1.54, 1.807) is 6.92 Å². The molecule has 0 saturated heterocycles. The topological polar surface area (TPSA) is 50.7 Å². The van der Waals surface area contributed by atoms with Crippen molar-refractivity contribution < 1.29 is 9.53 Å². The molecule has 0 aromatic carbocycles. The molecule has 1 N–H and O–H groups in total. The Morgan fingerprint density at radius 1 is 1.41 bits per heavy atom. The Morgan fingerprint density at radius 2 is 2.12 bits per heavy atom. The van der Waals surface area contributed by atoms with Crippen LogP contribution in [-0.2, 0) is 9.53 Å². The van der Waals surface area contributed by atoms with E-state index in [1.807, 2.05) is 0 Å². The zero-order valence-corrected chi connectivity index (χ0v) is 11.1. The number of hydrogen-bond donors (Lipinski definition) is 1. The Morgan fingerprint density at radius 3 is 2.76 bits per heavy atom. The second-order valence-electron chi connectivity index (χ2n) is 4.32. The molecule has 17 heavy (non-hydrogen) atoms. The lowest BCUT2D eigenvalue weighted by atomic mass is 9.87. The molecule has 0 spiro atoms. The third kappa shape index (κ3) is 5.91. The molecular weight excluding hydrogens is 240 g/mol. The average Bonchev–Trinajstić information content (AvgIpc) is 2.36. The highest BCUT2D eigenvalue weighted by atomic mass is 35.5. The van der Waals surface area contributed by atoms with Crippen molar-refractivity contribution in [3.8, 4) is 0 Å². The lowest BCUT2D eigenvalue weighted by Gasteiger charge is -2.20. The molecule has 0 aliphatic heterocycles. The Labute approximate surface area is 108 Å². The molecule has 0 aromatic rings. The van der Waals surface area contributed by atoms with Gasteiger partial charge >= 0.3 is 5.97 Å². The summed E-state index contributed by atoms with van der Waals surface area (Å²) in [6.45, 7) is 2.81. The zero-order chi connectivity index (χ0) is 12.5. The van der Waals surface area contributed by atoms with Crippen LogP contribution in [0.25, 0.3) is 0 Å². The predicted molar refractivity (Wildman–Crippen MR) is 69.1 cm³/mol. The minimum absolute atomic E-state index is 0.129. The van der Waals surface area contributed by atoms with E-state index in [1.165, 1.54) is 32.1 Å². The van der Waals surface area contributed by atoms with Crippen molar-refractivity contribution >= 4 is 22.7 Å². The van der Waals surface area contributed by atoms with Gasteiger partial charge in [-0.05, 0) is 19.3 Å². The molecule has 1 saturated carbocycles. The maximum absolute atomic E-state index is 11.1. The lowest BCUT2D eigenvalue weighted by Crippen LogP contribution is -2.19. The highest BCUT2D eigenvalue weighted by Gasteiger charge is 2.13. The van der Waals surface area contributed by atoms with Crippen molar-refractivity contribution in [1.82, 2.24) is 5.43 Å². The van der Waals surface area contributed by atoms with E-state index >= 15 is 0 Å². The molecule has 0 heterocycles. The van der Waals surface area contributed by atoms with Gasteiger partial charge < -0.3 is 10.2 Å². The zero-order valence-electron chi connectivity index (χ0n) is 10.4. The van der Waals surface area contributed by atoms with Crippen molar-refractivity contribution in [3.05, 3.63) is 0 Å². The molecule has 1 rings (SSSR count).